The van der Waals surface area contributed by atoms with Crippen LogP contribution in [0.15, 0.2) is 0 Å². The fraction of sp³-hybridized carbons (Fsp3) is 0.692. The maximum atomic E-state index is 12.1. The molecule has 0 radical (unpaired) electrons. The molecule has 1 amide bonds. The molecule has 0 atom stereocenters. The molecule has 20 heavy (non-hydrogen) atoms. The molecule has 7 heteroatoms. The Morgan fingerprint density at radius 1 is 1.50 bits per heavy atom. The van der Waals surface area contributed by atoms with Crippen LogP contribution in [0.3, 0.4) is 0 Å². The maximum absolute atomic E-state index is 12.1. The summed E-state index contributed by atoms with van der Waals surface area (Å²) in [6.07, 6.45) is 0.898. The van der Waals surface area contributed by atoms with E-state index in [-0.39, 0.29) is 5.91 Å². The molecular formula is C13H23N5O2. The van der Waals surface area contributed by atoms with Crippen LogP contribution in [0.1, 0.15) is 21.7 Å². The van der Waals surface area contributed by atoms with Crippen molar-refractivity contribution in [1.29, 1.82) is 0 Å². The average molecular weight is 281 g/mol. The minimum absolute atomic E-state index is 0.105. The Hall–Kier alpha value is -1.44. The van der Waals surface area contributed by atoms with Crippen LogP contribution in [-0.2, 0) is 17.7 Å². The van der Waals surface area contributed by atoms with Crippen LogP contribution < -0.4 is 10.6 Å². The first-order chi connectivity index (χ1) is 9.72. The molecule has 0 bridgehead atoms. The van der Waals surface area contributed by atoms with E-state index in [1.807, 2.05) is 7.05 Å². The maximum Gasteiger partial charge on any atom is 0.272 e. The average Bonchev–Trinajstić information content (AvgIpc) is 2.89. The second-order valence-corrected chi connectivity index (χ2v) is 5.01. The summed E-state index contributed by atoms with van der Waals surface area (Å²) in [6.45, 7) is 4.59. The second kappa shape index (κ2) is 7.37. The van der Waals surface area contributed by atoms with Crippen LogP contribution in [0.5, 0.6) is 0 Å². The third kappa shape index (κ3) is 3.78. The van der Waals surface area contributed by atoms with Crippen molar-refractivity contribution in [2.24, 2.45) is 0 Å². The number of aromatic amines is 1. The smallest absolute Gasteiger partial charge is 0.272 e. The molecule has 0 aromatic carbocycles. The van der Waals surface area contributed by atoms with Gasteiger partial charge in [-0.2, -0.15) is 5.10 Å². The number of hydrogen-bond donors (Lipinski definition) is 3. The Labute approximate surface area is 119 Å². The van der Waals surface area contributed by atoms with E-state index in [1.54, 1.807) is 7.11 Å². The number of likely N-dealkylation sites (N-methyl/N-ethyl adjacent to an activating group) is 1. The molecule has 1 aliphatic rings. The molecule has 0 saturated heterocycles. The van der Waals surface area contributed by atoms with Crippen LogP contribution in [0.25, 0.3) is 0 Å². The lowest BCUT2D eigenvalue weighted by atomic mass is 10.1. The summed E-state index contributed by atoms with van der Waals surface area (Å²) in [5.74, 6) is -0.105. The third-order valence-corrected chi connectivity index (χ3v) is 3.48. The monoisotopic (exact) mass is 281 g/mol. The zero-order valence-corrected chi connectivity index (χ0v) is 12.2. The van der Waals surface area contributed by atoms with Crippen molar-refractivity contribution in [1.82, 2.24) is 25.7 Å². The van der Waals surface area contributed by atoms with Crippen molar-refractivity contribution in [3.8, 4) is 0 Å². The van der Waals surface area contributed by atoms with Gasteiger partial charge in [0.25, 0.3) is 5.91 Å². The van der Waals surface area contributed by atoms with E-state index < -0.39 is 0 Å². The number of ether oxygens (including phenoxy) is 1. The summed E-state index contributed by atoms with van der Waals surface area (Å²) in [5.41, 5.74) is 2.60. The minimum Gasteiger partial charge on any atom is -0.383 e. The SMILES string of the molecule is COCCN(C)CCNC(=O)c1n[nH]c2c1CNCC2. The van der Waals surface area contributed by atoms with Crippen molar-refractivity contribution in [3.63, 3.8) is 0 Å². The predicted octanol–water partition coefficient (Wildman–Crippen LogP) is -0.637. The lowest BCUT2D eigenvalue weighted by molar-refractivity contribution is 0.0941. The van der Waals surface area contributed by atoms with Crippen LogP contribution in [-0.4, -0.2) is 67.9 Å². The predicted molar refractivity (Wildman–Crippen MR) is 75.7 cm³/mol. The Balaban J connectivity index is 1.79. The van der Waals surface area contributed by atoms with Gasteiger partial charge in [-0.3, -0.25) is 9.89 Å². The first kappa shape index (κ1) is 15.0. The summed E-state index contributed by atoms with van der Waals surface area (Å²) >= 11 is 0. The number of fused-ring (bicyclic) bond motifs is 1. The molecule has 1 aromatic heterocycles. The van der Waals surface area contributed by atoms with E-state index in [2.05, 4.69) is 25.7 Å². The lowest BCUT2D eigenvalue weighted by Gasteiger charge is -2.16. The van der Waals surface area contributed by atoms with Crippen molar-refractivity contribution < 1.29 is 9.53 Å². The standard InChI is InChI=1S/C13H23N5O2/c1-18(7-8-20-2)6-5-15-13(19)12-10-9-14-4-3-11(10)16-17-12/h14H,3-9H2,1-2H3,(H,15,19)(H,16,17). The zero-order valence-electron chi connectivity index (χ0n) is 12.2. The van der Waals surface area contributed by atoms with Crippen LogP contribution in [0.2, 0.25) is 0 Å². The van der Waals surface area contributed by atoms with Gasteiger partial charge in [-0.05, 0) is 7.05 Å². The number of nitrogens with one attached hydrogen (secondary N) is 3. The van der Waals surface area contributed by atoms with Gasteiger partial charge in [-0.1, -0.05) is 0 Å². The van der Waals surface area contributed by atoms with E-state index in [9.17, 15) is 4.79 Å². The molecular weight excluding hydrogens is 258 g/mol. The Kier molecular flexibility index (Phi) is 5.51. The van der Waals surface area contributed by atoms with E-state index >= 15 is 0 Å². The molecule has 0 aliphatic carbocycles. The topological polar surface area (TPSA) is 82.3 Å². The number of carbonyl (C=O) groups is 1. The molecule has 7 nitrogen and oxygen atoms in total. The van der Waals surface area contributed by atoms with Gasteiger partial charge < -0.3 is 20.3 Å². The summed E-state index contributed by atoms with van der Waals surface area (Å²) in [7, 11) is 3.69. The number of carbonyl (C=O) groups excluding carboxylic acids is 1. The first-order valence-electron chi connectivity index (χ1n) is 6.95. The lowest BCUT2D eigenvalue weighted by Crippen LogP contribution is -2.35. The fourth-order valence-electron chi connectivity index (χ4n) is 2.22. The van der Waals surface area contributed by atoms with Gasteiger partial charge in [0.15, 0.2) is 5.69 Å². The highest BCUT2D eigenvalue weighted by molar-refractivity contribution is 5.94. The normalized spacial score (nSPS) is 14.3. The van der Waals surface area contributed by atoms with Crippen LogP contribution in [0, 0.1) is 0 Å². The first-order valence-corrected chi connectivity index (χ1v) is 6.95. The third-order valence-electron chi connectivity index (χ3n) is 3.48. The van der Waals surface area contributed by atoms with E-state index in [0.29, 0.717) is 25.4 Å². The zero-order chi connectivity index (χ0) is 14.4. The van der Waals surface area contributed by atoms with E-state index in [4.69, 9.17) is 4.74 Å². The molecule has 2 heterocycles. The molecule has 0 saturated carbocycles. The van der Waals surface area contributed by atoms with Gasteiger partial charge in [0.2, 0.25) is 0 Å². The van der Waals surface area contributed by atoms with E-state index in [1.165, 1.54) is 0 Å². The minimum atomic E-state index is -0.105. The number of H-pyrrole nitrogens is 1. The number of hydrogen-bond acceptors (Lipinski definition) is 5. The van der Waals surface area contributed by atoms with E-state index in [0.717, 1.165) is 37.3 Å². The molecule has 1 aliphatic heterocycles. The summed E-state index contributed by atoms with van der Waals surface area (Å²) in [6, 6.07) is 0. The number of aromatic nitrogens is 2. The number of amides is 1. The highest BCUT2D eigenvalue weighted by atomic mass is 16.5. The van der Waals surface area contributed by atoms with Gasteiger partial charge in [0.1, 0.15) is 0 Å². The molecule has 3 N–H and O–H groups in total. The molecule has 2 rings (SSSR count). The number of methoxy groups -OCH3 is 1. The van der Waals surface area contributed by atoms with Gasteiger partial charge in [-0.25, -0.2) is 0 Å². The summed E-state index contributed by atoms with van der Waals surface area (Å²) in [5, 5.41) is 13.3. The van der Waals surface area contributed by atoms with Crippen molar-refractivity contribution in [2.75, 3.05) is 46.9 Å². The Morgan fingerprint density at radius 2 is 2.35 bits per heavy atom. The molecule has 0 spiro atoms. The number of nitrogens with zero attached hydrogens (tertiary/aromatic N) is 2. The van der Waals surface area contributed by atoms with Gasteiger partial charge >= 0.3 is 0 Å². The van der Waals surface area contributed by atoms with Crippen LogP contribution >= 0.6 is 0 Å². The summed E-state index contributed by atoms with van der Waals surface area (Å²) in [4.78, 5) is 14.2. The highest BCUT2D eigenvalue weighted by Crippen LogP contribution is 2.14. The molecule has 0 unspecified atom stereocenters. The van der Waals surface area contributed by atoms with Crippen molar-refractivity contribution >= 4 is 5.91 Å². The van der Waals surface area contributed by atoms with Gasteiger partial charge in [0.05, 0.1) is 6.61 Å². The molecule has 0 fully saturated rings. The fourth-order valence-corrected chi connectivity index (χ4v) is 2.22. The van der Waals surface area contributed by atoms with Gasteiger partial charge in [0, 0.05) is 57.5 Å². The quantitative estimate of drug-likeness (QED) is 0.619. The highest BCUT2D eigenvalue weighted by Gasteiger charge is 2.21. The van der Waals surface area contributed by atoms with Crippen molar-refractivity contribution in [3.05, 3.63) is 17.0 Å². The molecule has 112 valence electrons. The van der Waals surface area contributed by atoms with Crippen LogP contribution in [0.4, 0.5) is 0 Å². The Bertz CT molecular complexity index is 446. The largest absolute Gasteiger partial charge is 0.383 e. The number of rotatable bonds is 7. The van der Waals surface area contributed by atoms with Gasteiger partial charge in [-0.15, -0.1) is 0 Å². The second-order valence-electron chi connectivity index (χ2n) is 5.01. The Morgan fingerprint density at radius 3 is 3.15 bits per heavy atom. The molecule has 1 aromatic rings. The summed E-state index contributed by atoms with van der Waals surface area (Å²) < 4.78 is 5.01. The van der Waals surface area contributed by atoms with Crippen molar-refractivity contribution in [2.45, 2.75) is 13.0 Å².